The summed E-state index contributed by atoms with van der Waals surface area (Å²) in [5.74, 6) is -3.28. The Morgan fingerprint density at radius 3 is 2.20 bits per heavy atom. The molecule has 16 nitrogen and oxygen atoms in total. The minimum atomic E-state index is -4.98. The molecule has 5 rings (SSSR count). The number of carbonyl (C=O) groups is 1. The van der Waals surface area contributed by atoms with Crippen LogP contribution in [0.25, 0.3) is 11.5 Å². The lowest BCUT2D eigenvalue weighted by Gasteiger charge is -2.15. The van der Waals surface area contributed by atoms with Crippen molar-refractivity contribution in [1.82, 2.24) is 39.3 Å². The van der Waals surface area contributed by atoms with Gasteiger partial charge in [-0.3, -0.25) is 0 Å². The Labute approximate surface area is 297 Å². The second-order valence-corrected chi connectivity index (χ2v) is 13.6. The van der Waals surface area contributed by atoms with Crippen LogP contribution >= 0.6 is 58.0 Å². The summed E-state index contributed by atoms with van der Waals surface area (Å²) in [6.07, 6.45) is -4.20. The molecule has 0 aliphatic carbocycles. The summed E-state index contributed by atoms with van der Waals surface area (Å²) in [5, 5.41) is 17.1. The molecule has 1 aromatic carbocycles. The van der Waals surface area contributed by atoms with Crippen molar-refractivity contribution in [3.63, 3.8) is 0 Å². The average Bonchev–Trinajstić information content (AvgIpc) is 3.64. The van der Waals surface area contributed by atoms with Gasteiger partial charge in [0.25, 0.3) is 27.6 Å². The van der Waals surface area contributed by atoms with Gasteiger partial charge in [0.15, 0.2) is 10.7 Å². The van der Waals surface area contributed by atoms with E-state index >= 15 is 0 Å². The van der Waals surface area contributed by atoms with Crippen LogP contribution in [0.15, 0.2) is 41.4 Å². The van der Waals surface area contributed by atoms with Crippen molar-refractivity contribution >= 4 is 85.7 Å². The van der Waals surface area contributed by atoms with Gasteiger partial charge in [0.05, 0.1) is 43.7 Å². The molecule has 0 aliphatic rings. The zero-order chi connectivity index (χ0) is 36.5. The molecule has 0 radical (unpaired) electrons. The van der Waals surface area contributed by atoms with Crippen molar-refractivity contribution in [2.24, 2.45) is 0 Å². The zero-order valence-electron chi connectivity index (χ0n) is 24.4. The fraction of sp³-hybridized carbons (Fsp3) is 0.208. The third kappa shape index (κ3) is 8.39. The fourth-order valence-corrected chi connectivity index (χ4v) is 5.87. The number of benzene rings is 1. The van der Waals surface area contributed by atoms with Gasteiger partial charge in [-0.25, -0.2) is 32.6 Å². The Morgan fingerprint density at radius 2 is 1.65 bits per heavy atom. The Bertz CT molecular complexity index is 2150. The summed E-state index contributed by atoms with van der Waals surface area (Å²) in [5.41, 5.74) is -1.17. The second kappa shape index (κ2) is 14.4. The van der Waals surface area contributed by atoms with Crippen LogP contribution in [0.4, 0.5) is 19.1 Å². The minimum absolute atomic E-state index is 0.0970. The van der Waals surface area contributed by atoms with Crippen molar-refractivity contribution in [1.29, 1.82) is 0 Å². The number of nitrogens with zero attached hydrogens (tertiary/aromatic N) is 8. The molecule has 49 heavy (non-hydrogen) atoms. The second-order valence-electron chi connectivity index (χ2n) is 8.86. The van der Waals surface area contributed by atoms with Crippen LogP contribution in [0, 0.1) is 0 Å². The van der Waals surface area contributed by atoms with Gasteiger partial charge < -0.3 is 19.3 Å². The first-order valence-corrected chi connectivity index (χ1v) is 15.9. The first-order chi connectivity index (χ1) is 22.8. The van der Waals surface area contributed by atoms with Gasteiger partial charge in [-0.15, -0.1) is 10.2 Å². The van der Waals surface area contributed by atoms with Gasteiger partial charge in [-0.1, -0.05) is 58.0 Å². The molecule has 4 aromatic heterocycles. The lowest BCUT2D eigenvalue weighted by atomic mass is 10.2. The van der Waals surface area contributed by atoms with Crippen LogP contribution in [-0.4, -0.2) is 80.2 Å². The molecule has 0 aliphatic heterocycles. The van der Waals surface area contributed by atoms with E-state index in [0.717, 1.165) is 22.5 Å². The molecular formula is C24H17Cl5F3N9O7S. The van der Waals surface area contributed by atoms with Gasteiger partial charge >= 0.3 is 12.1 Å². The minimum Gasteiger partial charge on any atom is -0.481 e. The lowest BCUT2D eigenvalue weighted by molar-refractivity contribution is -0.140. The van der Waals surface area contributed by atoms with E-state index in [1.54, 1.807) is 0 Å². The molecule has 0 spiro atoms. The van der Waals surface area contributed by atoms with Crippen LogP contribution in [-0.2, 0) is 20.0 Å². The van der Waals surface area contributed by atoms with Gasteiger partial charge in [0, 0.05) is 11.2 Å². The maximum absolute atomic E-state index is 13.3. The number of methoxy groups -OCH3 is 3. The molecule has 0 fully saturated rings. The van der Waals surface area contributed by atoms with Gasteiger partial charge in [0.2, 0.25) is 21.4 Å². The fourth-order valence-electron chi connectivity index (χ4n) is 3.75. The normalized spacial score (nSPS) is 11.9. The predicted octanol–water partition coefficient (Wildman–Crippen LogP) is 5.46. The quantitative estimate of drug-likeness (QED) is 0.188. The SMILES string of the molecule is COc1cc(OC)n2nc(NS(=O)(=O)c3c(C(F)(F)F)ccnc3OC)nc2n1.O=C(O)c1nc(C(Cl)(Cl)Cl)n(-c2ccc(Cl)cc2Cl)n1. The van der Waals surface area contributed by atoms with E-state index in [2.05, 4.69) is 30.1 Å². The number of ether oxygens (including phenoxy) is 3. The van der Waals surface area contributed by atoms with Crippen molar-refractivity contribution in [3.05, 3.63) is 63.8 Å². The van der Waals surface area contributed by atoms with Gasteiger partial charge in [-0.2, -0.15) is 27.7 Å². The van der Waals surface area contributed by atoms with Crippen LogP contribution < -0.4 is 18.9 Å². The van der Waals surface area contributed by atoms with E-state index in [4.69, 9.17) is 77.3 Å². The van der Waals surface area contributed by atoms with E-state index in [-0.39, 0.29) is 34.1 Å². The summed E-state index contributed by atoms with van der Waals surface area (Å²) < 4.78 is 82.2. The summed E-state index contributed by atoms with van der Waals surface area (Å²) >= 11 is 29.1. The van der Waals surface area contributed by atoms with Gasteiger partial charge in [-0.05, 0) is 24.3 Å². The number of fused-ring (bicyclic) bond motifs is 1. The first-order valence-electron chi connectivity index (χ1n) is 12.5. The maximum atomic E-state index is 13.3. The highest BCUT2D eigenvalue weighted by Gasteiger charge is 2.40. The first kappa shape index (κ1) is 37.7. The van der Waals surface area contributed by atoms with E-state index in [9.17, 15) is 26.4 Å². The number of hydrogen-bond acceptors (Lipinski definition) is 12. The highest BCUT2D eigenvalue weighted by atomic mass is 35.6. The molecule has 0 saturated carbocycles. The third-order valence-electron chi connectivity index (χ3n) is 5.73. The monoisotopic (exact) mass is 807 g/mol. The molecule has 5 aromatic rings. The molecule has 0 bridgehead atoms. The summed E-state index contributed by atoms with van der Waals surface area (Å²) in [6.45, 7) is 0. The van der Waals surface area contributed by atoms with Crippen LogP contribution in [0.5, 0.6) is 17.6 Å². The van der Waals surface area contributed by atoms with E-state index in [1.165, 1.54) is 38.5 Å². The van der Waals surface area contributed by atoms with Crippen molar-refractivity contribution in [2.45, 2.75) is 14.9 Å². The number of halogens is 8. The van der Waals surface area contributed by atoms with E-state index in [0.29, 0.717) is 11.1 Å². The summed E-state index contributed by atoms with van der Waals surface area (Å²) in [7, 11) is -1.20. The number of carboxylic acid groups (broad SMARTS) is 1. The van der Waals surface area contributed by atoms with Crippen LogP contribution in [0.3, 0.4) is 0 Å². The number of hydrogen-bond donors (Lipinski definition) is 2. The van der Waals surface area contributed by atoms with Crippen molar-refractivity contribution in [3.8, 4) is 23.3 Å². The van der Waals surface area contributed by atoms with Crippen LogP contribution in [0.2, 0.25) is 10.0 Å². The van der Waals surface area contributed by atoms with E-state index in [1.807, 2.05) is 4.72 Å². The lowest BCUT2D eigenvalue weighted by Crippen LogP contribution is -2.21. The zero-order valence-corrected chi connectivity index (χ0v) is 29.0. The number of anilines is 1. The predicted molar refractivity (Wildman–Crippen MR) is 168 cm³/mol. The smallest absolute Gasteiger partial charge is 0.418 e. The molecule has 2 N–H and O–H groups in total. The molecule has 4 heterocycles. The molecule has 262 valence electrons. The molecular weight excluding hydrogens is 793 g/mol. The standard InChI is InChI=1S/C14H13F3N6O5S.C10H4Cl5N3O2/c1-26-8-6-9(27-2)23-13(19-8)20-12(21-23)22-29(24,25)10-7(14(15,16)17)4-5-18-11(10)28-3;11-4-1-2-6(5(12)3-4)18-9(10(13,14)15)16-7(17-18)8(19)20/h4-6H,1-3H3,(H,21,22);1-3H,(H,19,20). The van der Waals surface area contributed by atoms with Crippen LogP contribution in [0.1, 0.15) is 22.0 Å². The Morgan fingerprint density at radius 1 is 0.959 bits per heavy atom. The average molecular weight is 810 g/mol. The highest BCUT2D eigenvalue weighted by molar-refractivity contribution is 7.92. The number of aromatic carboxylic acids is 1. The number of alkyl halides is 6. The summed E-state index contributed by atoms with van der Waals surface area (Å²) in [6, 6.07) is 6.36. The number of carboxylic acids is 1. The van der Waals surface area contributed by atoms with Gasteiger partial charge in [0.1, 0.15) is 0 Å². The topological polar surface area (TPSA) is 198 Å². The largest absolute Gasteiger partial charge is 0.481 e. The molecule has 0 saturated heterocycles. The third-order valence-corrected chi connectivity index (χ3v) is 8.16. The Hall–Kier alpha value is -4.08. The number of rotatable bonds is 8. The molecule has 0 atom stereocenters. The number of pyridine rings is 1. The van der Waals surface area contributed by atoms with Crippen molar-refractivity contribution < 1.29 is 45.7 Å². The Balaban J connectivity index is 0.000000237. The number of sulfonamides is 1. The Kier molecular flexibility index (Phi) is 11.1. The molecule has 0 unspecified atom stereocenters. The molecule has 25 heteroatoms. The van der Waals surface area contributed by atoms with E-state index < -0.39 is 54.1 Å². The number of aromatic nitrogens is 8. The maximum Gasteiger partial charge on any atom is 0.418 e. The molecule has 0 amide bonds. The van der Waals surface area contributed by atoms with Crippen molar-refractivity contribution in [2.75, 3.05) is 26.1 Å². The summed E-state index contributed by atoms with van der Waals surface area (Å²) in [4.78, 5) is 24.7. The highest BCUT2D eigenvalue weighted by Crippen LogP contribution is 2.40. The number of nitrogens with one attached hydrogen (secondary N) is 1.